The Morgan fingerprint density at radius 2 is 1.45 bits per heavy atom. The number of nitrogens with zero attached hydrogens (tertiary/aromatic N) is 1. The number of amides is 1. The summed E-state index contributed by atoms with van der Waals surface area (Å²) in [6, 6.07) is 31.8. The maximum absolute atomic E-state index is 12.7. The van der Waals surface area contributed by atoms with Gasteiger partial charge in [0.2, 0.25) is 5.91 Å². The minimum Gasteiger partial charge on any atom is -0.358 e. The Morgan fingerprint density at radius 1 is 0.903 bits per heavy atom. The van der Waals surface area contributed by atoms with E-state index in [1.807, 2.05) is 6.07 Å². The first-order chi connectivity index (χ1) is 15.2. The monoisotopic (exact) mass is 413 g/mol. The molecule has 1 aliphatic rings. The number of hydrogen-bond donors (Lipinski definition) is 2. The molecule has 0 saturated carbocycles. The quantitative estimate of drug-likeness (QED) is 0.590. The molecule has 0 aliphatic carbocycles. The Hall–Kier alpha value is -2.95. The summed E-state index contributed by atoms with van der Waals surface area (Å²) in [6.45, 7) is 2.50. The maximum atomic E-state index is 12.7. The van der Waals surface area contributed by atoms with Gasteiger partial charge in [0, 0.05) is 38.6 Å². The molecule has 3 aromatic carbocycles. The van der Waals surface area contributed by atoms with Crippen molar-refractivity contribution in [1.29, 1.82) is 0 Å². The molecule has 31 heavy (non-hydrogen) atoms. The van der Waals surface area contributed by atoms with Gasteiger partial charge in [-0.05, 0) is 23.1 Å². The largest absolute Gasteiger partial charge is 0.358 e. The molecule has 0 unspecified atom stereocenters. The summed E-state index contributed by atoms with van der Waals surface area (Å²) in [6.07, 6.45) is 0.822. The average molecular weight is 414 g/mol. The lowest BCUT2D eigenvalue weighted by Gasteiger charge is -2.28. The standard InChI is InChI=1S/C27H31N3O/c1-28-27(31)26-17-24(29-18-21-11-5-2-6-12-21)19-30(26)20-25(22-13-7-3-8-14-22)23-15-9-4-10-16-23/h2-16,24-26,29H,17-20H2,1H3,(H,28,31)/t24-,26+/m1/s1. The highest BCUT2D eigenvalue weighted by Gasteiger charge is 2.37. The van der Waals surface area contributed by atoms with Gasteiger partial charge in [0.15, 0.2) is 0 Å². The lowest BCUT2D eigenvalue weighted by atomic mass is 9.90. The Morgan fingerprint density at radius 3 is 2.00 bits per heavy atom. The molecule has 1 aliphatic heterocycles. The van der Waals surface area contributed by atoms with Crippen LogP contribution in [-0.2, 0) is 11.3 Å². The highest BCUT2D eigenvalue weighted by Crippen LogP contribution is 2.29. The smallest absolute Gasteiger partial charge is 0.237 e. The fraction of sp³-hybridized carbons (Fsp3) is 0.296. The van der Waals surface area contributed by atoms with Gasteiger partial charge in [0.05, 0.1) is 6.04 Å². The van der Waals surface area contributed by atoms with Gasteiger partial charge in [-0.2, -0.15) is 0 Å². The predicted molar refractivity (Wildman–Crippen MR) is 126 cm³/mol. The van der Waals surface area contributed by atoms with Gasteiger partial charge in [0.1, 0.15) is 0 Å². The van der Waals surface area contributed by atoms with Gasteiger partial charge in [-0.15, -0.1) is 0 Å². The molecule has 1 amide bonds. The van der Waals surface area contributed by atoms with Crippen LogP contribution in [-0.4, -0.2) is 43.0 Å². The fourth-order valence-electron chi connectivity index (χ4n) is 4.56. The van der Waals surface area contributed by atoms with Crippen molar-refractivity contribution in [1.82, 2.24) is 15.5 Å². The lowest BCUT2D eigenvalue weighted by Crippen LogP contribution is -2.43. The summed E-state index contributed by atoms with van der Waals surface area (Å²) in [5.74, 6) is 0.325. The number of carbonyl (C=O) groups excluding carboxylic acids is 1. The van der Waals surface area contributed by atoms with Crippen LogP contribution in [0.2, 0.25) is 0 Å². The van der Waals surface area contributed by atoms with Crippen LogP contribution in [0.3, 0.4) is 0 Å². The molecule has 4 nitrogen and oxygen atoms in total. The predicted octanol–water partition coefficient (Wildman–Crippen LogP) is 3.80. The van der Waals surface area contributed by atoms with Crippen molar-refractivity contribution >= 4 is 5.91 Å². The fourth-order valence-corrected chi connectivity index (χ4v) is 4.56. The molecular formula is C27H31N3O. The molecule has 1 saturated heterocycles. The summed E-state index contributed by atoms with van der Waals surface area (Å²) in [5, 5.41) is 6.54. The number of benzene rings is 3. The zero-order valence-electron chi connectivity index (χ0n) is 18.1. The molecule has 0 radical (unpaired) electrons. The number of likely N-dealkylation sites (N-methyl/N-ethyl adjacent to an activating group) is 1. The molecule has 0 bridgehead atoms. The third-order valence-corrected chi connectivity index (χ3v) is 6.21. The molecular weight excluding hydrogens is 382 g/mol. The van der Waals surface area contributed by atoms with Crippen molar-refractivity contribution in [3.63, 3.8) is 0 Å². The highest BCUT2D eigenvalue weighted by atomic mass is 16.2. The van der Waals surface area contributed by atoms with Crippen molar-refractivity contribution in [2.24, 2.45) is 0 Å². The Labute approximate surface area is 185 Å². The maximum Gasteiger partial charge on any atom is 0.237 e. The van der Waals surface area contributed by atoms with E-state index in [9.17, 15) is 4.79 Å². The Kier molecular flexibility index (Phi) is 7.13. The molecule has 2 atom stereocenters. The van der Waals surface area contributed by atoms with E-state index in [4.69, 9.17) is 0 Å². The van der Waals surface area contributed by atoms with Gasteiger partial charge in [0.25, 0.3) is 0 Å². The summed E-state index contributed by atoms with van der Waals surface area (Å²) >= 11 is 0. The van der Waals surface area contributed by atoms with Gasteiger partial charge in [-0.3, -0.25) is 9.69 Å². The van der Waals surface area contributed by atoms with E-state index < -0.39 is 0 Å². The van der Waals surface area contributed by atoms with Crippen molar-refractivity contribution in [2.45, 2.75) is 31.0 Å². The van der Waals surface area contributed by atoms with E-state index in [1.54, 1.807) is 7.05 Å². The van der Waals surface area contributed by atoms with Crippen LogP contribution < -0.4 is 10.6 Å². The topological polar surface area (TPSA) is 44.4 Å². The summed E-state index contributed by atoms with van der Waals surface area (Å²) in [5.41, 5.74) is 3.83. The van der Waals surface area contributed by atoms with Crippen molar-refractivity contribution in [3.05, 3.63) is 108 Å². The molecule has 4 heteroatoms. The normalized spacial score (nSPS) is 18.9. The van der Waals surface area contributed by atoms with E-state index in [1.165, 1.54) is 16.7 Å². The average Bonchev–Trinajstić information content (AvgIpc) is 3.25. The molecule has 3 aromatic rings. The third-order valence-electron chi connectivity index (χ3n) is 6.21. The van der Waals surface area contributed by atoms with Crippen LogP contribution in [0.25, 0.3) is 0 Å². The van der Waals surface area contributed by atoms with Gasteiger partial charge < -0.3 is 10.6 Å². The van der Waals surface area contributed by atoms with Crippen LogP contribution >= 0.6 is 0 Å². The molecule has 1 heterocycles. The van der Waals surface area contributed by atoms with Gasteiger partial charge in [-0.1, -0.05) is 91.0 Å². The minimum absolute atomic E-state index is 0.101. The highest BCUT2D eigenvalue weighted by molar-refractivity contribution is 5.81. The van der Waals surface area contributed by atoms with Crippen LogP contribution in [0.1, 0.15) is 29.0 Å². The van der Waals surface area contributed by atoms with E-state index in [2.05, 4.69) is 100 Å². The molecule has 1 fully saturated rings. The third kappa shape index (κ3) is 5.40. The Bertz CT molecular complexity index is 906. The van der Waals surface area contributed by atoms with E-state index >= 15 is 0 Å². The summed E-state index contributed by atoms with van der Waals surface area (Å²) in [4.78, 5) is 15.1. The lowest BCUT2D eigenvalue weighted by molar-refractivity contribution is -0.125. The van der Waals surface area contributed by atoms with Gasteiger partial charge in [-0.25, -0.2) is 0 Å². The minimum atomic E-state index is -0.117. The van der Waals surface area contributed by atoms with E-state index in [0.717, 1.165) is 26.1 Å². The zero-order valence-corrected chi connectivity index (χ0v) is 18.1. The number of carbonyl (C=O) groups is 1. The van der Waals surface area contributed by atoms with E-state index in [-0.39, 0.29) is 23.9 Å². The van der Waals surface area contributed by atoms with Crippen LogP contribution in [0.5, 0.6) is 0 Å². The molecule has 4 rings (SSSR count). The number of hydrogen-bond acceptors (Lipinski definition) is 3. The van der Waals surface area contributed by atoms with Crippen LogP contribution in [0, 0.1) is 0 Å². The number of likely N-dealkylation sites (tertiary alicyclic amines) is 1. The second kappa shape index (κ2) is 10.4. The first-order valence-electron chi connectivity index (χ1n) is 11.1. The first kappa shape index (κ1) is 21.3. The number of rotatable bonds is 8. The SMILES string of the molecule is CNC(=O)[C@@H]1C[C@@H](NCc2ccccc2)CN1CC(c1ccccc1)c1ccccc1. The van der Waals surface area contributed by atoms with E-state index in [0.29, 0.717) is 0 Å². The van der Waals surface area contributed by atoms with Crippen molar-refractivity contribution < 1.29 is 4.79 Å². The number of nitrogens with one attached hydrogen (secondary N) is 2. The van der Waals surface area contributed by atoms with Crippen molar-refractivity contribution in [3.8, 4) is 0 Å². The second-order valence-corrected chi connectivity index (χ2v) is 8.26. The first-order valence-corrected chi connectivity index (χ1v) is 11.1. The molecule has 0 aromatic heterocycles. The second-order valence-electron chi connectivity index (χ2n) is 8.26. The molecule has 0 spiro atoms. The van der Waals surface area contributed by atoms with Crippen LogP contribution in [0.15, 0.2) is 91.0 Å². The molecule has 160 valence electrons. The van der Waals surface area contributed by atoms with Crippen LogP contribution in [0.4, 0.5) is 0 Å². The zero-order chi connectivity index (χ0) is 21.5. The van der Waals surface area contributed by atoms with Gasteiger partial charge >= 0.3 is 0 Å². The summed E-state index contributed by atoms with van der Waals surface area (Å²) in [7, 11) is 1.73. The summed E-state index contributed by atoms with van der Waals surface area (Å²) < 4.78 is 0. The molecule has 2 N–H and O–H groups in total. The Balaban J connectivity index is 1.52. The van der Waals surface area contributed by atoms with Crippen molar-refractivity contribution in [2.75, 3.05) is 20.1 Å².